The van der Waals surface area contributed by atoms with Crippen molar-refractivity contribution in [3.8, 4) is 0 Å². The molecule has 0 spiro atoms. The van der Waals surface area contributed by atoms with Gasteiger partial charge in [0.05, 0.1) is 6.54 Å². The van der Waals surface area contributed by atoms with Crippen LogP contribution in [0.1, 0.15) is 6.42 Å². The van der Waals surface area contributed by atoms with E-state index in [1.54, 1.807) is 12.3 Å². The summed E-state index contributed by atoms with van der Waals surface area (Å²) in [6, 6.07) is 0. The van der Waals surface area contributed by atoms with Crippen molar-refractivity contribution in [2.45, 2.75) is 6.42 Å². The SMILES string of the molecule is NC(=O)OC1=CCC=NC1. The van der Waals surface area contributed by atoms with Gasteiger partial charge in [0.2, 0.25) is 0 Å². The first kappa shape index (κ1) is 6.80. The normalized spacial score (nSPS) is 16.2. The highest BCUT2D eigenvalue weighted by Crippen LogP contribution is 2.03. The third kappa shape index (κ3) is 1.89. The number of hydrogen-bond acceptors (Lipinski definition) is 3. The van der Waals surface area contributed by atoms with Crippen LogP contribution in [0, 0.1) is 0 Å². The molecule has 0 aromatic rings. The van der Waals surface area contributed by atoms with Crippen LogP contribution in [-0.4, -0.2) is 18.9 Å². The summed E-state index contributed by atoms with van der Waals surface area (Å²) in [5, 5.41) is 0. The minimum absolute atomic E-state index is 0.420. The van der Waals surface area contributed by atoms with E-state index in [0.717, 1.165) is 0 Å². The van der Waals surface area contributed by atoms with E-state index in [1.165, 1.54) is 0 Å². The van der Waals surface area contributed by atoms with E-state index in [4.69, 9.17) is 5.73 Å². The Morgan fingerprint density at radius 3 is 3.10 bits per heavy atom. The second kappa shape index (κ2) is 3.00. The number of nitrogens with two attached hydrogens (primary N) is 1. The van der Waals surface area contributed by atoms with Gasteiger partial charge in [-0.2, -0.15) is 0 Å². The van der Waals surface area contributed by atoms with Crippen LogP contribution in [0.4, 0.5) is 4.79 Å². The maximum Gasteiger partial charge on any atom is 0.409 e. The van der Waals surface area contributed by atoms with E-state index in [1.807, 2.05) is 0 Å². The number of rotatable bonds is 1. The molecule has 2 N–H and O–H groups in total. The number of aliphatic imine (C=N–C) groups is 1. The lowest BCUT2D eigenvalue weighted by Gasteiger charge is -2.05. The van der Waals surface area contributed by atoms with Crippen LogP contribution in [0.2, 0.25) is 0 Å². The molecule has 0 aliphatic carbocycles. The predicted molar refractivity (Wildman–Crippen MR) is 36.7 cm³/mol. The molecule has 0 saturated carbocycles. The minimum Gasteiger partial charge on any atom is -0.413 e. The molecule has 1 aliphatic heterocycles. The molecule has 0 aromatic heterocycles. The highest BCUT2D eigenvalue weighted by atomic mass is 16.5. The van der Waals surface area contributed by atoms with Gasteiger partial charge in [0, 0.05) is 12.6 Å². The van der Waals surface area contributed by atoms with Gasteiger partial charge in [-0.3, -0.25) is 4.99 Å². The fourth-order valence-corrected chi connectivity index (χ4v) is 0.681. The number of hydrogen-bond donors (Lipinski definition) is 1. The Kier molecular flexibility index (Phi) is 2.04. The quantitative estimate of drug-likeness (QED) is 0.574. The predicted octanol–water partition coefficient (Wildman–Crippen LogP) is 0.440. The van der Waals surface area contributed by atoms with E-state index in [9.17, 15) is 4.79 Å². The first-order chi connectivity index (χ1) is 4.79. The Morgan fingerprint density at radius 1 is 1.80 bits per heavy atom. The van der Waals surface area contributed by atoms with E-state index in [0.29, 0.717) is 18.7 Å². The monoisotopic (exact) mass is 140 g/mol. The van der Waals surface area contributed by atoms with Crippen molar-refractivity contribution < 1.29 is 9.53 Å². The van der Waals surface area contributed by atoms with Gasteiger partial charge in [-0.1, -0.05) is 0 Å². The van der Waals surface area contributed by atoms with Crippen LogP contribution < -0.4 is 5.73 Å². The van der Waals surface area contributed by atoms with E-state index in [-0.39, 0.29) is 0 Å². The maximum absolute atomic E-state index is 10.2. The average Bonchev–Trinajstić information content (AvgIpc) is 1.88. The molecular formula is C6H8N2O2. The second-order valence-electron chi connectivity index (χ2n) is 1.85. The van der Waals surface area contributed by atoms with E-state index >= 15 is 0 Å². The number of nitrogens with zero attached hydrogens (tertiary/aromatic N) is 1. The average molecular weight is 140 g/mol. The van der Waals surface area contributed by atoms with Crippen LogP contribution in [0.5, 0.6) is 0 Å². The number of carbonyl (C=O) groups is 1. The molecular weight excluding hydrogens is 132 g/mol. The zero-order valence-electron chi connectivity index (χ0n) is 5.41. The number of allylic oxidation sites excluding steroid dienone is 1. The third-order valence-electron chi connectivity index (χ3n) is 1.06. The third-order valence-corrected chi connectivity index (χ3v) is 1.06. The van der Waals surface area contributed by atoms with E-state index < -0.39 is 6.09 Å². The Bertz CT molecular complexity index is 196. The maximum atomic E-state index is 10.2. The van der Waals surface area contributed by atoms with Crippen molar-refractivity contribution in [2.24, 2.45) is 10.7 Å². The van der Waals surface area contributed by atoms with Crippen LogP contribution in [0.15, 0.2) is 16.8 Å². The number of amides is 1. The Labute approximate surface area is 58.4 Å². The number of carbonyl (C=O) groups excluding carboxylic acids is 1. The van der Waals surface area contributed by atoms with Gasteiger partial charge in [-0.15, -0.1) is 0 Å². The van der Waals surface area contributed by atoms with Crippen LogP contribution in [-0.2, 0) is 4.74 Å². The Morgan fingerprint density at radius 2 is 2.60 bits per heavy atom. The van der Waals surface area contributed by atoms with Crippen molar-refractivity contribution in [3.63, 3.8) is 0 Å². The Balaban J connectivity index is 2.41. The molecule has 0 radical (unpaired) electrons. The number of ether oxygens (including phenoxy) is 1. The Hall–Kier alpha value is -1.32. The standard InChI is InChI=1S/C6H8N2O2/c7-6(9)10-5-2-1-3-8-4-5/h2-3H,1,4H2,(H2,7,9). The van der Waals surface area contributed by atoms with Gasteiger partial charge in [0.15, 0.2) is 0 Å². The summed E-state index contributed by atoms with van der Waals surface area (Å²) in [7, 11) is 0. The molecule has 54 valence electrons. The zero-order chi connectivity index (χ0) is 7.40. The van der Waals surface area contributed by atoms with Crippen LogP contribution in [0.3, 0.4) is 0 Å². The molecule has 0 saturated heterocycles. The van der Waals surface area contributed by atoms with Crippen molar-refractivity contribution in [3.05, 3.63) is 11.8 Å². The summed E-state index contributed by atoms with van der Waals surface area (Å²) in [6.07, 6.45) is 3.47. The first-order valence-corrected chi connectivity index (χ1v) is 2.93. The minimum atomic E-state index is -0.775. The van der Waals surface area contributed by atoms with Gasteiger partial charge >= 0.3 is 6.09 Å². The highest BCUT2D eigenvalue weighted by Gasteiger charge is 2.02. The summed E-state index contributed by atoms with van der Waals surface area (Å²) < 4.78 is 4.58. The van der Waals surface area contributed by atoms with Crippen LogP contribution in [0.25, 0.3) is 0 Å². The molecule has 1 aliphatic rings. The molecule has 4 nitrogen and oxygen atoms in total. The van der Waals surface area contributed by atoms with E-state index in [2.05, 4.69) is 9.73 Å². The summed E-state index contributed by atoms with van der Waals surface area (Å²) in [5.41, 5.74) is 4.77. The molecule has 0 fully saturated rings. The van der Waals surface area contributed by atoms with Crippen molar-refractivity contribution in [1.82, 2.24) is 0 Å². The number of primary amides is 1. The zero-order valence-corrected chi connectivity index (χ0v) is 5.41. The number of dihydropyridines is 1. The summed E-state index contributed by atoms with van der Waals surface area (Å²) in [4.78, 5) is 14.1. The van der Waals surface area contributed by atoms with Crippen molar-refractivity contribution in [2.75, 3.05) is 6.54 Å². The molecule has 10 heavy (non-hydrogen) atoms. The summed E-state index contributed by atoms with van der Waals surface area (Å²) >= 11 is 0. The summed E-state index contributed by atoms with van der Waals surface area (Å²) in [6.45, 7) is 0.420. The molecule has 1 amide bonds. The largest absolute Gasteiger partial charge is 0.413 e. The molecule has 0 aromatic carbocycles. The molecule has 4 heteroatoms. The lowest BCUT2D eigenvalue weighted by Crippen LogP contribution is -2.14. The molecule has 0 unspecified atom stereocenters. The molecule has 1 heterocycles. The van der Waals surface area contributed by atoms with Crippen molar-refractivity contribution >= 4 is 12.3 Å². The molecule has 0 atom stereocenters. The van der Waals surface area contributed by atoms with Gasteiger partial charge in [-0.25, -0.2) is 4.79 Å². The van der Waals surface area contributed by atoms with Crippen LogP contribution >= 0.6 is 0 Å². The fourth-order valence-electron chi connectivity index (χ4n) is 0.681. The van der Waals surface area contributed by atoms with Gasteiger partial charge in [-0.05, 0) is 6.08 Å². The topological polar surface area (TPSA) is 64.7 Å². The lowest BCUT2D eigenvalue weighted by molar-refractivity contribution is 0.185. The van der Waals surface area contributed by atoms with Gasteiger partial charge in [0.25, 0.3) is 0 Å². The van der Waals surface area contributed by atoms with Gasteiger partial charge in [0.1, 0.15) is 5.76 Å². The van der Waals surface area contributed by atoms with Gasteiger partial charge < -0.3 is 10.5 Å². The smallest absolute Gasteiger partial charge is 0.409 e. The van der Waals surface area contributed by atoms with Crippen molar-refractivity contribution in [1.29, 1.82) is 0 Å². The second-order valence-corrected chi connectivity index (χ2v) is 1.85. The highest BCUT2D eigenvalue weighted by molar-refractivity contribution is 5.67. The molecule has 0 bridgehead atoms. The fraction of sp³-hybridized carbons (Fsp3) is 0.333. The first-order valence-electron chi connectivity index (χ1n) is 2.93. The molecule has 1 rings (SSSR count). The lowest BCUT2D eigenvalue weighted by atomic mass is 10.3. The summed E-state index contributed by atoms with van der Waals surface area (Å²) in [5.74, 6) is 0.537.